The molecule has 0 saturated heterocycles. The maximum atomic E-state index is 13.6. The van der Waals surface area contributed by atoms with E-state index in [1.165, 1.54) is 6.07 Å². The molecule has 1 aromatic heterocycles. The number of rotatable bonds is 9. The summed E-state index contributed by atoms with van der Waals surface area (Å²) in [6.45, 7) is 4.75. The normalized spacial score (nSPS) is 11.6. The minimum Gasteiger partial charge on any atom is -0.357 e. The van der Waals surface area contributed by atoms with Gasteiger partial charge in [-0.3, -0.25) is 4.99 Å². The number of hydrogen-bond donors (Lipinski definition) is 2. The number of benzene rings is 1. The smallest absolute Gasteiger partial charge is 0.191 e. The molecule has 0 aliphatic rings. The van der Waals surface area contributed by atoms with Crippen LogP contribution in [0.1, 0.15) is 25.3 Å². The van der Waals surface area contributed by atoms with Gasteiger partial charge in [0, 0.05) is 26.2 Å². The SMILES string of the molecule is CCNC(=NCCCCn1cnnc1)NCCc1cc(F)ccc1F. The average molecular weight is 350 g/mol. The molecular weight excluding hydrogens is 326 g/mol. The lowest BCUT2D eigenvalue weighted by molar-refractivity contribution is 0.582. The largest absolute Gasteiger partial charge is 0.357 e. The zero-order valence-electron chi connectivity index (χ0n) is 14.4. The second-order valence-electron chi connectivity index (χ2n) is 5.58. The van der Waals surface area contributed by atoms with Gasteiger partial charge >= 0.3 is 0 Å². The quantitative estimate of drug-likeness (QED) is 0.413. The average Bonchev–Trinajstić information content (AvgIpc) is 3.11. The summed E-state index contributed by atoms with van der Waals surface area (Å²) in [6.07, 6.45) is 5.70. The van der Waals surface area contributed by atoms with Crippen molar-refractivity contribution in [2.45, 2.75) is 32.7 Å². The fraction of sp³-hybridized carbons (Fsp3) is 0.471. The van der Waals surface area contributed by atoms with E-state index in [1.54, 1.807) is 12.7 Å². The first kappa shape index (κ1) is 18.8. The minimum absolute atomic E-state index is 0.359. The Morgan fingerprint density at radius 1 is 1.16 bits per heavy atom. The van der Waals surface area contributed by atoms with Crippen LogP contribution in [0.5, 0.6) is 0 Å². The van der Waals surface area contributed by atoms with Crippen molar-refractivity contribution in [3.8, 4) is 0 Å². The molecule has 25 heavy (non-hydrogen) atoms. The summed E-state index contributed by atoms with van der Waals surface area (Å²) in [5, 5.41) is 13.8. The van der Waals surface area contributed by atoms with Gasteiger partial charge in [-0.2, -0.15) is 0 Å². The number of hydrogen-bond acceptors (Lipinski definition) is 3. The third-order valence-electron chi connectivity index (χ3n) is 3.60. The Bertz CT molecular complexity index is 657. The molecule has 2 N–H and O–H groups in total. The molecule has 0 bridgehead atoms. The molecule has 0 fully saturated rings. The molecule has 0 radical (unpaired) electrons. The van der Waals surface area contributed by atoms with E-state index in [9.17, 15) is 8.78 Å². The molecule has 8 heteroatoms. The maximum absolute atomic E-state index is 13.6. The van der Waals surface area contributed by atoms with Crippen molar-refractivity contribution in [3.05, 3.63) is 48.1 Å². The Morgan fingerprint density at radius 2 is 1.96 bits per heavy atom. The summed E-state index contributed by atoms with van der Waals surface area (Å²) in [7, 11) is 0. The van der Waals surface area contributed by atoms with Gasteiger partial charge in [-0.1, -0.05) is 0 Å². The highest BCUT2D eigenvalue weighted by atomic mass is 19.1. The van der Waals surface area contributed by atoms with Crippen LogP contribution in [0.25, 0.3) is 0 Å². The van der Waals surface area contributed by atoms with Gasteiger partial charge in [-0.05, 0) is 49.9 Å². The van der Waals surface area contributed by atoms with Gasteiger partial charge in [0.1, 0.15) is 24.3 Å². The lowest BCUT2D eigenvalue weighted by Crippen LogP contribution is -2.38. The van der Waals surface area contributed by atoms with Crippen molar-refractivity contribution in [1.82, 2.24) is 25.4 Å². The van der Waals surface area contributed by atoms with Crippen LogP contribution in [0, 0.1) is 11.6 Å². The number of nitrogens with one attached hydrogen (secondary N) is 2. The van der Waals surface area contributed by atoms with Gasteiger partial charge in [-0.25, -0.2) is 8.78 Å². The van der Waals surface area contributed by atoms with Crippen LogP contribution in [0.3, 0.4) is 0 Å². The van der Waals surface area contributed by atoms with Crippen LogP contribution < -0.4 is 10.6 Å². The molecule has 0 spiro atoms. The van der Waals surface area contributed by atoms with Crippen LogP contribution in [0.2, 0.25) is 0 Å². The highest BCUT2D eigenvalue weighted by molar-refractivity contribution is 5.79. The van der Waals surface area contributed by atoms with Crippen molar-refractivity contribution < 1.29 is 8.78 Å². The second-order valence-corrected chi connectivity index (χ2v) is 5.58. The summed E-state index contributed by atoms with van der Waals surface area (Å²) in [6, 6.07) is 3.50. The van der Waals surface area contributed by atoms with Gasteiger partial charge in [0.25, 0.3) is 0 Å². The van der Waals surface area contributed by atoms with E-state index in [4.69, 9.17) is 0 Å². The van der Waals surface area contributed by atoms with E-state index >= 15 is 0 Å². The van der Waals surface area contributed by atoms with E-state index < -0.39 is 5.82 Å². The summed E-state index contributed by atoms with van der Waals surface area (Å²) in [4.78, 5) is 4.49. The lowest BCUT2D eigenvalue weighted by atomic mass is 10.1. The minimum atomic E-state index is -0.426. The predicted molar refractivity (Wildman–Crippen MR) is 93.3 cm³/mol. The molecule has 1 aromatic carbocycles. The van der Waals surface area contributed by atoms with Crippen LogP contribution in [0.15, 0.2) is 35.8 Å². The van der Waals surface area contributed by atoms with Crippen molar-refractivity contribution in [1.29, 1.82) is 0 Å². The molecule has 0 aliphatic heterocycles. The highest BCUT2D eigenvalue weighted by Crippen LogP contribution is 2.09. The second kappa shape index (κ2) is 10.4. The molecule has 6 nitrogen and oxygen atoms in total. The summed E-state index contributed by atoms with van der Waals surface area (Å²) in [5.41, 5.74) is 0.359. The van der Waals surface area contributed by atoms with Gasteiger partial charge in [0.15, 0.2) is 5.96 Å². The topological polar surface area (TPSA) is 67.1 Å². The van der Waals surface area contributed by atoms with E-state index in [1.807, 2.05) is 11.5 Å². The molecular formula is C17H24F2N6. The van der Waals surface area contributed by atoms with Crippen LogP contribution in [-0.4, -0.2) is 40.4 Å². The molecule has 0 atom stereocenters. The highest BCUT2D eigenvalue weighted by Gasteiger charge is 2.04. The molecule has 2 aromatic rings. The van der Waals surface area contributed by atoms with E-state index in [0.29, 0.717) is 31.0 Å². The molecule has 0 unspecified atom stereocenters. The van der Waals surface area contributed by atoms with Crippen molar-refractivity contribution in [2.75, 3.05) is 19.6 Å². The lowest BCUT2D eigenvalue weighted by Gasteiger charge is -2.11. The van der Waals surface area contributed by atoms with Gasteiger partial charge < -0.3 is 15.2 Å². The number of halogens is 2. The first-order valence-electron chi connectivity index (χ1n) is 8.47. The third-order valence-corrected chi connectivity index (χ3v) is 3.60. The van der Waals surface area contributed by atoms with Gasteiger partial charge in [-0.15, -0.1) is 10.2 Å². The van der Waals surface area contributed by atoms with E-state index in [-0.39, 0.29) is 5.82 Å². The number of aryl methyl sites for hydroxylation is 1. The number of guanidine groups is 1. The summed E-state index contributed by atoms with van der Waals surface area (Å²) in [5.74, 6) is -0.132. The fourth-order valence-corrected chi connectivity index (χ4v) is 2.33. The number of unbranched alkanes of at least 4 members (excludes halogenated alkanes) is 1. The first-order valence-corrected chi connectivity index (χ1v) is 8.47. The Morgan fingerprint density at radius 3 is 2.72 bits per heavy atom. The van der Waals surface area contributed by atoms with Crippen LogP contribution >= 0.6 is 0 Å². The zero-order valence-corrected chi connectivity index (χ0v) is 14.4. The van der Waals surface area contributed by atoms with Crippen molar-refractivity contribution >= 4 is 5.96 Å². The Kier molecular flexibility index (Phi) is 7.81. The van der Waals surface area contributed by atoms with Crippen molar-refractivity contribution in [2.24, 2.45) is 4.99 Å². The predicted octanol–water partition coefficient (Wildman–Crippen LogP) is 2.13. The molecule has 0 aliphatic carbocycles. The van der Waals surface area contributed by atoms with Crippen LogP contribution in [0.4, 0.5) is 8.78 Å². The van der Waals surface area contributed by atoms with Crippen molar-refractivity contribution in [3.63, 3.8) is 0 Å². The standard InChI is InChI=1S/C17H24F2N6/c1-2-20-17(21-8-3-4-10-25-12-23-24-13-25)22-9-7-14-11-15(18)5-6-16(14)19/h5-6,11-13H,2-4,7-10H2,1H3,(H2,20,21,22). The zero-order chi connectivity index (χ0) is 17.9. The molecule has 1 heterocycles. The first-order chi connectivity index (χ1) is 12.2. The number of nitrogens with zero attached hydrogens (tertiary/aromatic N) is 4. The Balaban J connectivity index is 1.72. The number of aromatic nitrogens is 3. The molecule has 136 valence electrons. The summed E-state index contributed by atoms with van der Waals surface area (Å²) < 4.78 is 28.7. The number of aliphatic imine (C=N–C) groups is 1. The van der Waals surface area contributed by atoms with Gasteiger partial charge in [0.05, 0.1) is 0 Å². The third kappa shape index (κ3) is 6.86. The monoisotopic (exact) mass is 350 g/mol. The van der Waals surface area contributed by atoms with Crippen LogP contribution in [-0.2, 0) is 13.0 Å². The fourth-order valence-electron chi connectivity index (χ4n) is 2.33. The Hall–Kier alpha value is -2.51. The van der Waals surface area contributed by atoms with E-state index in [2.05, 4.69) is 25.8 Å². The molecule has 2 rings (SSSR count). The maximum Gasteiger partial charge on any atom is 0.191 e. The summed E-state index contributed by atoms with van der Waals surface area (Å²) >= 11 is 0. The molecule has 0 amide bonds. The van der Waals surface area contributed by atoms with Gasteiger partial charge in [0.2, 0.25) is 0 Å². The molecule has 0 saturated carbocycles. The van der Waals surface area contributed by atoms with E-state index in [0.717, 1.165) is 38.1 Å². The Labute approximate surface area is 146 Å².